The zero-order valence-electron chi connectivity index (χ0n) is 20.0. The first-order chi connectivity index (χ1) is 15.6. The molecule has 0 radical (unpaired) electrons. The highest BCUT2D eigenvalue weighted by Crippen LogP contribution is 2.22. The van der Waals surface area contributed by atoms with Gasteiger partial charge >= 0.3 is 0 Å². The molecular formula is C25H36Cl3N7. The number of aryl methyl sites for hydroxylation is 1. The Balaban J connectivity index is 0.00000385. The predicted octanol–water partition coefficient (Wildman–Crippen LogP) is 5.79. The molecule has 0 fully saturated rings. The number of aliphatic imine (C=N–C) groups is 1. The second-order valence-electron chi connectivity index (χ2n) is 7.89. The third kappa shape index (κ3) is 11.6. The quantitative estimate of drug-likeness (QED) is 0.152. The Bertz CT molecular complexity index is 1060. The summed E-state index contributed by atoms with van der Waals surface area (Å²) in [5.74, 6) is 1.74. The van der Waals surface area contributed by atoms with Gasteiger partial charge in [0.25, 0.3) is 0 Å². The van der Waals surface area contributed by atoms with Crippen LogP contribution in [0.5, 0.6) is 0 Å². The molecule has 35 heavy (non-hydrogen) atoms. The molecule has 192 valence electrons. The number of benzene rings is 1. The van der Waals surface area contributed by atoms with Gasteiger partial charge < -0.3 is 16.8 Å². The number of halogens is 3. The number of fused-ring (bicyclic) bond motifs is 1. The molecule has 7 nitrogen and oxygen atoms in total. The first kappa shape index (κ1) is 32.4. The van der Waals surface area contributed by atoms with Gasteiger partial charge in [-0.05, 0) is 56.2 Å². The molecule has 0 bridgehead atoms. The lowest BCUT2D eigenvalue weighted by atomic mass is 10.1. The number of hydrogen-bond acceptors (Lipinski definition) is 5. The second-order valence-corrected chi connectivity index (χ2v) is 7.89. The zero-order chi connectivity index (χ0) is 22.6. The number of nitrogens with one attached hydrogen (secondary N) is 1. The van der Waals surface area contributed by atoms with E-state index in [9.17, 15) is 0 Å². The minimum Gasteiger partial charge on any atom is -0.370 e. The van der Waals surface area contributed by atoms with Crippen LogP contribution < -0.4 is 16.8 Å². The molecule has 2 aromatic heterocycles. The maximum absolute atomic E-state index is 5.34. The molecule has 1 aromatic carbocycles. The summed E-state index contributed by atoms with van der Waals surface area (Å²) in [6, 6.07) is 12.1. The highest BCUT2D eigenvalue weighted by atomic mass is 35.5. The van der Waals surface area contributed by atoms with E-state index in [1.54, 1.807) is 6.20 Å². The van der Waals surface area contributed by atoms with E-state index in [0.29, 0.717) is 5.82 Å². The summed E-state index contributed by atoms with van der Waals surface area (Å²) in [7, 11) is 0. The molecule has 2 heterocycles. The van der Waals surface area contributed by atoms with Crippen LogP contribution >= 0.6 is 37.2 Å². The van der Waals surface area contributed by atoms with E-state index in [1.165, 1.54) is 24.8 Å². The number of hydrogen-bond donors (Lipinski definition) is 3. The van der Waals surface area contributed by atoms with Gasteiger partial charge in [0, 0.05) is 24.7 Å². The number of pyridine rings is 1. The van der Waals surface area contributed by atoms with E-state index in [1.807, 2.05) is 30.4 Å². The van der Waals surface area contributed by atoms with Crippen molar-refractivity contribution < 1.29 is 0 Å². The van der Waals surface area contributed by atoms with Gasteiger partial charge in [0.2, 0.25) is 0 Å². The van der Waals surface area contributed by atoms with Crippen molar-refractivity contribution in [2.75, 3.05) is 18.4 Å². The minimum atomic E-state index is 0. The average Bonchev–Trinajstić information content (AvgIpc) is 2.79. The van der Waals surface area contributed by atoms with Crippen LogP contribution in [0.2, 0.25) is 0 Å². The van der Waals surface area contributed by atoms with E-state index < -0.39 is 0 Å². The van der Waals surface area contributed by atoms with Gasteiger partial charge in [-0.1, -0.05) is 43.4 Å². The van der Waals surface area contributed by atoms with Crippen molar-refractivity contribution in [3.8, 4) is 0 Å². The predicted molar refractivity (Wildman–Crippen MR) is 156 cm³/mol. The lowest BCUT2D eigenvalue weighted by Crippen LogP contribution is -2.22. The largest absolute Gasteiger partial charge is 0.370 e. The summed E-state index contributed by atoms with van der Waals surface area (Å²) in [5, 5.41) is 4.59. The van der Waals surface area contributed by atoms with Crippen molar-refractivity contribution >= 4 is 72.1 Å². The topological polar surface area (TPSA) is 115 Å². The smallest absolute Gasteiger partial charge is 0.185 e. The third-order valence-corrected chi connectivity index (χ3v) is 5.13. The van der Waals surface area contributed by atoms with E-state index >= 15 is 0 Å². The van der Waals surface area contributed by atoms with Gasteiger partial charge in [0.05, 0.1) is 11.2 Å². The molecule has 0 unspecified atom stereocenters. The van der Waals surface area contributed by atoms with E-state index in [4.69, 9.17) is 21.4 Å². The minimum absolute atomic E-state index is 0. The van der Waals surface area contributed by atoms with Gasteiger partial charge in [-0.2, -0.15) is 0 Å². The first-order valence-corrected chi connectivity index (χ1v) is 11.3. The van der Waals surface area contributed by atoms with Gasteiger partial charge in [-0.25, -0.2) is 9.97 Å². The standard InChI is InChI=1S/C25H33N7.3ClH/c1-19-11-13-22-21(18-19)24(29-16-7-4-2-3-5-8-17-30-25(26)27)32-23(31-22)14-12-20-10-6-9-15-28-20;;;/h6,9-15,18H,2-5,7-8,16-17H2,1H3,(H4,26,27,30)(H,29,31,32);3*1H. The second kappa shape index (κ2) is 17.8. The summed E-state index contributed by atoms with van der Waals surface area (Å²) in [6.07, 6.45) is 12.5. The maximum Gasteiger partial charge on any atom is 0.185 e. The summed E-state index contributed by atoms with van der Waals surface area (Å²) in [5.41, 5.74) is 13.7. The van der Waals surface area contributed by atoms with Crippen molar-refractivity contribution in [3.05, 3.63) is 59.7 Å². The van der Waals surface area contributed by atoms with Crippen molar-refractivity contribution in [1.29, 1.82) is 0 Å². The molecular weight excluding hydrogens is 505 g/mol. The molecule has 0 saturated heterocycles. The van der Waals surface area contributed by atoms with Crippen molar-refractivity contribution in [1.82, 2.24) is 15.0 Å². The fraction of sp³-hybridized carbons (Fsp3) is 0.360. The van der Waals surface area contributed by atoms with Crippen LogP contribution in [0.3, 0.4) is 0 Å². The fourth-order valence-electron chi connectivity index (χ4n) is 3.46. The molecule has 0 aliphatic carbocycles. The van der Waals surface area contributed by atoms with Crippen molar-refractivity contribution in [3.63, 3.8) is 0 Å². The van der Waals surface area contributed by atoms with E-state index in [0.717, 1.165) is 54.8 Å². The molecule has 5 N–H and O–H groups in total. The molecule has 0 saturated carbocycles. The van der Waals surface area contributed by atoms with Gasteiger partial charge in [-0.3, -0.25) is 9.98 Å². The molecule has 0 spiro atoms. The Hall–Kier alpha value is -2.61. The molecule has 0 aliphatic rings. The van der Waals surface area contributed by atoms with Crippen LogP contribution in [-0.2, 0) is 0 Å². The number of unbranched alkanes of at least 4 members (excludes halogenated alkanes) is 5. The molecule has 0 atom stereocenters. The van der Waals surface area contributed by atoms with Crippen LogP contribution in [0.1, 0.15) is 55.6 Å². The summed E-state index contributed by atoms with van der Waals surface area (Å²) in [6.45, 7) is 3.70. The Kier molecular flexibility index (Phi) is 16.4. The average molecular weight is 541 g/mol. The number of rotatable bonds is 12. The van der Waals surface area contributed by atoms with Gasteiger partial charge in [0.1, 0.15) is 5.82 Å². The first-order valence-electron chi connectivity index (χ1n) is 11.3. The lowest BCUT2D eigenvalue weighted by Gasteiger charge is -2.10. The molecule has 10 heteroatoms. The maximum atomic E-state index is 5.34. The van der Waals surface area contributed by atoms with Gasteiger partial charge in [0.15, 0.2) is 11.8 Å². The summed E-state index contributed by atoms with van der Waals surface area (Å²) in [4.78, 5) is 17.8. The normalized spacial score (nSPS) is 10.2. The van der Waals surface area contributed by atoms with Crippen LogP contribution in [0.15, 0.2) is 47.6 Å². The highest BCUT2D eigenvalue weighted by molar-refractivity contribution is 5.90. The Morgan fingerprint density at radius 2 is 1.66 bits per heavy atom. The number of anilines is 1. The number of aromatic nitrogens is 3. The monoisotopic (exact) mass is 539 g/mol. The Labute approximate surface area is 226 Å². The van der Waals surface area contributed by atoms with Crippen molar-refractivity contribution in [2.24, 2.45) is 16.5 Å². The van der Waals surface area contributed by atoms with Crippen LogP contribution in [0.4, 0.5) is 5.82 Å². The summed E-state index contributed by atoms with van der Waals surface area (Å²) >= 11 is 0. The molecule has 3 aromatic rings. The van der Waals surface area contributed by atoms with Crippen LogP contribution in [0, 0.1) is 6.92 Å². The van der Waals surface area contributed by atoms with E-state index in [2.05, 4.69) is 40.4 Å². The fourth-order valence-corrected chi connectivity index (χ4v) is 3.46. The Morgan fingerprint density at radius 3 is 2.37 bits per heavy atom. The number of nitrogens with zero attached hydrogens (tertiary/aromatic N) is 4. The number of nitrogens with two attached hydrogens (primary N) is 2. The van der Waals surface area contributed by atoms with Crippen LogP contribution in [0.25, 0.3) is 23.1 Å². The van der Waals surface area contributed by atoms with E-state index in [-0.39, 0.29) is 43.2 Å². The molecule has 0 aliphatic heterocycles. The van der Waals surface area contributed by atoms with Gasteiger partial charge in [-0.15, -0.1) is 37.2 Å². The summed E-state index contributed by atoms with van der Waals surface area (Å²) < 4.78 is 0. The zero-order valence-corrected chi connectivity index (χ0v) is 22.5. The third-order valence-electron chi connectivity index (χ3n) is 5.13. The SMILES string of the molecule is Cc1ccc2nc(C=Cc3ccccn3)nc(NCCCCCCCCN=C(N)N)c2c1.Cl.Cl.Cl. The van der Waals surface area contributed by atoms with Crippen molar-refractivity contribution in [2.45, 2.75) is 45.4 Å². The lowest BCUT2D eigenvalue weighted by molar-refractivity contribution is 0.605. The van der Waals surface area contributed by atoms with Crippen LogP contribution in [-0.4, -0.2) is 34.0 Å². The molecule has 0 amide bonds. The number of guanidine groups is 1. The Morgan fingerprint density at radius 1 is 0.914 bits per heavy atom. The highest BCUT2D eigenvalue weighted by Gasteiger charge is 2.07. The molecule has 3 rings (SSSR count).